The molecule has 176 valence electrons. The number of ether oxygens (including phenoxy) is 5. The molecule has 0 spiro atoms. The molecular formula is C17H22N4O11. The minimum atomic E-state index is -1.09. The molecule has 1 aromatic rings. The summed E-state index contributed by atoms with van der Waals surface area (Å²) in [6.45, 7) is -0.744. The minimum Gasteiger partial charge on any atom is -0.453 e. The van der Waals surface area contributed by atoms with Gasteiger partial charge < -0.3 is 39.6 Å². The van der Waals surface area contributed by atoms with E-state index in [9.17, 15) is 29.3 Å². The maximum absolute atomic E-state index is 11.9. The molecule has 15 heteroatoms. The minimum absolute atomic E-state index is 0.0343. The molecule has 3 N–H and O–H groups in total. The van der Waals surface area contributed by atoms with Crippen LogP contribution >= 0.6 is 0 Å². The van der Waals surface area contributed by atoms with E-state index in [1.807, 2.05) is 0 Å². The van der Waals surface area contributed by atoms with E-state index in [1.165, 1.54) is 12.1 Å². The summed E-state index contributed by atoms with van der Waals surface area (Å²) >= 11 is 0. The second-order valence-corrected chi connectivity index (χ2v) is 5.65. The van der Waals surface area contributed by atoms with Gasteiger partial charge in [0.25, 0.3) is 5.69 Å². The number of benzene rings is 1. The molecule has 0 aliphatic rings. The van der Waals surface area contributed by atoms with E-state index in [1.54, 1.807) is 0 Å². The molecule has 3 amide bonds. The Bertz CT molecular complexity index is 780. The molecule has 0 saturated heterocycles. The van der Waals surface area contributed by atoms with Crippen LogP contribution in [0.5, 0.6) is 5.75 Å². The Morgan fingerprint density at radius 1 is 0.938 bits per heavy atom. The molecule has 0 aliphatic carbocycles. The number of methoxy groups -OCH3 is 2. The van der Waals surface area contributed by atoms with Crippen LogP contribution in [-0.2, 0) is 18.9 Å². The molecule has 15 nitrogen and oxygen atoms in total. The van der Waals surface area contributed by atoms with Gasteiger partial charge in [-0.2, -0.15) is 0 Å². The van der Waals surface area contributed by atoms with E-state index in [0.717, 1.165) is 26.4 Å². The predicted octanol–water partition coefficient (Wildman–Crippen LogP) is 0.917. The average Bonchev–Trinajstić information content (AvgIpc) is 2.78. The average molecular weight is 458 g/mol. The second-order valence-electron chi connectivity index (χ2n) is 5.65. The van der Waals surface area contributed by atoms with Crippen molar-refractivity contribution in [3.05, 3.63) is 34.4 Å². The lowest BCUT2D eigenvalue weighted by molar-refractivity contribution is -0.384. The van der Waals surface area contributed by atoms with Crippen molar-refractivity contribution in [2.24, 2.45) is 0 Å². The Labute approximate surface area is 181 Å². The Balaban J connectivity index is 2.36. The van der Waals surface area contributed by atoms with Gasteiger partial charge in [-0.3, -0.25) is 10.1 Å². The molecule has 0 aromatic heterocycles. The topological polar surface area (TPSA) is 194 Å². The third kappa shape index (κ3) is 10.5. The molecular weight excluding hydrogens is 436 g/mol. The van der Waals surface area contributed by atoms with E-state index in [-0.39, 0.29) is 37.7 Å². The van der Waals surface area contributed by atoms with Gasteiger partial charge >= 0.3 is 24.4 Å². The third-order valence-electron chi connectivity index (χ3n) is 3.43. The van der Waals surface area contributed by atoms with Crippen molar-refractivity contribution in [2.45, 2.75) is 6.10 Å². The van der Waals surface area contributed by atoms with Crippen LogP contribution < -0.4 is 20.7 Å². The first kappa shape index (κ1) is 25.7. The quantitative estimate of drug-likeness (QED) is 0.113. The normalized spacial score (nSPS) is 9.84. The molecule has 0 fully saturated rings. The van der Waals surface area contributed by atoms with Crippen molar-refractivity contribution in [1.82, 2.24) is 16.0 Å². The van der Waals surface area contributed by atoms with Crippen molar-refractivity contribution >= 4 is 30.1 Å². The van der Waals surface area contributed by atoms with Gasteiger partial charge in [0.05, 0.1) is 38.8 Å². The Kier molecular flexibility index (Phi) is 11.1. The Morgan fingerprint density at radius 2 is 1.50 bits per heavy atom. The van der Waals surface area contributed by atoms with Crippen molar-refractivity contribution in [2.75, 3.05) is 40.5 Å². The van der Waals surface area contributed by atoms with Gasteiger partial charge in [0.1, 0.15) is 18.5 Å². The largest absolute Gasteiger partial charge is 0.513 e. The number of amides is 3. The molecule has 0 heterocycles. The smallest absolute Gasteiger partial charge is 0.453 e. The lowest BCUT2D eigenvalue weighted by atomic mass is 10.3. The standard InChI is InChI=1S/C17H22N4O11/c1-28-14(22)19-9-13(10-20-15(23)29-2)31-16(24)18-7-8-30-17(25)32-12-5-3-11(4-6-12)21(26)27/h3-6,13H,7-10H2,1-2H3,(H,18,24)(H,19,22)(H,20,23). The fourth-order valence-electron chi connectivity index (χ4n) is 1.94. The van der Waals surface area contributed by atoms with E-state index < -0.39 is 35.5 Å². The number of nitro groups is 1. The zero-order chi connectivity index (χ0) is 23.9. The van der Waals surface area contributed by atoms with Gasteiger partial charge in [0.2, 0.25) is 0 Å². The maximum Gasteiger partial charge on any atom is 0.513 e. The number of nitrogens with one attached hydrogen (secondary N) is 3. The van der Waals surface area contributed by atoms with E-state index in [2.05, 4.69) is 25.4 Å². The van der Waals surface area contributed by atoms with E-state index >= 15 is 0 Å². The molecule has 1 aromatic carbocycles. The summed E-state index contributed by atoms with van der Waals surface area (Å²) in [5, 5.41) is 17.5. The highest BCUT2D eigenvalue weighted by atomic mass is 16.7. The summed E-state index contributed by atoms with van der Waals surface area (Å²) in [4.78, 5) is 55.7. The number of hydrogen-bond acceptors (Lipinski definition) is 11. The summed E-state index contributed by atoms with van der Waals surface area (Å²) in [5.74, 6) is 0.0343. The van der Waals surface area contributed by atoms with Gasteiger partial charge in [-0.25, -0.2) is 19.2 Å². The van der Waals surface area contributed by atoms with E-state index in [4.69, 9.17) is 14.2 Å². The molecule has 0 atom stereocenters. The fraction of sp³-hybridized carbons (Fsp3) is 0.412. The van der Waals surface area contributed by atoms with Gasteiger partial charge in [0.15, 0.2) is 0 Å². The fourth-order valence-corrected chi connectivity index (χ4v) is 1.94. The summed E-state index contributed by atoms with van der Waals surface area (Å²) in [7, 11) is 2.30. The summed E-state index contributed by atoms with van der Waals surface area (Å²) in [5.41, 5.74) is -0.171. The van der Waals surface area contributed by atoms with Gasteiger partial charge in [0, 0.05) is 12.1 Å². The van der Waals surface area contributed by atoms with Gasteiger partial charge in [-0.05, 0) is 12.1 Å². The molecule has 0 radical (unpaired) electrons. The molecule has 0 bridgehead atoms. The van der Waals surface area contributed by atoms with Gasteiger partial charge in [-0.15, -0.1) is 0 Å². The number of carbonyl (C=O) groups is 4. The zero-order valence-electron chi connectivity index (χ0n) is 17.2. The summed E-state index contributed by atoms with van der Waals surface area (Å²) in [6, 6.07) is 4.75. The summed E-state index contributed by atoms with van der Waals surface area (Å²) < 4.78 is 23.4. The highest BCUT2D eigenvalue weighted by Crippen LogP contribution is 2.17. The highest BCUT2D eigenvalue weighted by molar-refractivity contribution is 5.69. The zero-order valence-corrected chi connectivity index (χ0v) is 17.2. The van der Waals surface area contributed by atoms with Crippen LogP contribution in [0.25, 0.3) is 0 Å². The van der Waals surface area contributed by atoms with Crippen molar-refractivity contribution in [3.8, 4) is 5.75 Å². The number of carbonyl (C=O) groups excluding carboxylic acids is 4. The van der Waals surface area contributed by atoms with Crippen LogP contribution in [0.1, 0.15) is 0 Å². The molecule has 1 rings (SSSR count). The lowest BCUT2D eigenvalue weighted by Crippen LogP contribution is -2.44. The maximum atomic E-state index is 11.9. The molecule has 0 aliphatic heterocycles. The number of alkyl carbamates (subject to hydrolysis) is 3. The number of nitro benzene ring substituents is 1. The number of nitrogens with zero attached hydrogens (tertiary/aromatic N) is 1. The highest BCUT2D eigenvalue weighted by Gasteiger charge is 2.17. The SMILES string of the molecule is COC(=O)NCC(CNC(=O)OC)OC(=O)NCCOC(=O)Oc1ccc([N+](=O)[O-])cc1. The second kappa shape index (κ2) is 13.8. The number of non-ortho nitro benzene ring substituents is 1. The van der Waals surface area contributed by atoms with Crippen molar-refractivity contribution in [3.63, 3.8) is 0 Å². The van der Waals surface area contributed by atoms with E-state index in [0.29, 0.717) is 0 Å². The lowest BCUT2D eigenvalue weighted by Gasteiger charge is -2.18. The van der Waals surface area contributed by atoms with Crippen LogP contribution in [0.2, 0.25) is 0 Å². The molecule has 32 heavy (non-hydrogen) atoms. The van der Waals surface area contributed by atoms with Crippen LogP contribution in [0.3, 0.4) is 0 Å². The van der Waals surface area contributed by atoms with Crippen LogP contribution in [0, 0.1) is 10.1 Å². The van der Waals surface area contributed by atoms with Crippen molar-refractivity contribution < 1.29 is 47.8 Å². The van der Waals surface area contributed by atoms with Gasteiger partial charge in [-0.1, -0.05) is 0 Å². The predicted molar refractivity (Wildman–Crippen MR) is 104 cm³/mol. The van der Waals surface area contributed by atoms with Crippen molar-refractivity contribution in [1.29, 1.82) is 0 Å². The van der Waals surface area contributed by atoms with Crippen LogP contribution in [0.4, 0.5) is 24.9 Å². The third-order valence-corrected chi connectivity index (χ3v) is 3.43. The monoisotopic (exact) mass is 458 g/mol. The first-order valence-corrected chi connectivity index (χ1v) is 8.92. The molecule has 0 saturated carbocycles. The number of rotatable bonds is 10. The first-order chi connectivity index (χ1) is 15.2. The Hall–Kier alpha value is -4.30. The first-order valence-electron chi connectivity index (χ1n) is 8.92. The Morgan fingerprint density at radius 3 is 2.00 bits per heavy atom. The van der Waals surface area contributed by atoms with Crippen LogP contribution in [0.15, 0.2) is 24.3 Å². The number of hydrogen-bond donors (Lipinski definition) is 3. The van der Waals surface area contributed by atoms with Crippen LogP contribution in [-0.4, -0.2) is 75.9 Å². The summed E-state index contributed by atoms with van der Waals surface area (Å²) in [6.07, 6.45) is -4.49. The molecule has 0 unspecified atom stereocenters.